The summed E-state index contributed by atoms with van der Waals surface area (Å²) in [4.78, 5) is 27.0. The maximum atomic E-state index is 13.7. The minimum absolute atomic E-state index is 0.178. The molecule has 0 aliphatic carbocycles. The van der Waals surface area contributed by atoms with Crippen LogP contribution in [0.1, 0.15) is 18.1 Å². The largest absolute Gasteiger partial charge is 0.416 e. The topological polar surface area (TPSA) is 86.8 Å². The number of amides is 2. The molecular weight excluding hydrogens is 578 g/mol. The number of rotatable bonds is 9. The van der Waals surface area contributed by atoms with Crippen LogP contribution < -0.4 is 9.62 Å². The Labute approximate surface area is 234 Å². The van der Waals surface area contributed by atoms with Crippen molar-refractivity contribution in [3.63, 3.8) is 0 Å². The Morgan fingerprint density at radius 1 is 0.949 bits per heavy atom. The predicted octanol–water partition coefficient (Wildman–Crippen LogP) is 5.37. The van der Waals surface area contributed by atoms with Crippen molar-refractivity contribution in [3.8, 4) is 0 Å². The highest BCUT2D eigenvalue weighted by molar-refractivity contribution is 7.92. The second kappa shape index (κ2) is 12.3. The lowest BCUT2D eigenvalue weighted by Gasteiger charge is -2.32. The van der Waals surface area contributed by atoms with Gasteiger partial charge in [0.05, 0.1) is 21.2 Å². The Morgan fingerprint density at radius 2 is 1.56 bits per heavy atom. The van der Waals surface area contributed by atoms with Crippen molar-refractivity contribution < 1.29 is 31.2 Å². The normalized spacial score (nSPS) is 12.5. The Balaban J connectivity index is 2.14. The molecule has 0 heterocycles. The van der Waals surface area contributed by atoms with Crippen molar-refractivity contribution in [2.75, 3.05) is 17.9 Å². The molecule has 0 saturated heterocycles. The van der Waals surface area contributed by atoms with Crippen LogP contribution in [0, 0.1) is 0 Å². The van der Waals surface area contributed by atoms with Gasteiger partial charge in [0, 0.05) is 18.6 Å². The molecule has 0 radical (unpaired) electrons. The van der Waals surface area contributed by atoms with Crippen molar-refractivity contribution in [1.82, 2.24) is 10.2 Å². The van der Waals surface area contributed by atoms with Gasteiger partial charge < -0.3 is 10.2 Å². The van der Waals surface area contributed by atoms with Gasteiger partial charge in [-0.05, 0) is 48.9 Å². The molecule has 3 aromatic carbocycles. The molecule has 2 amide bonds. The van der Waals surface area contributed by atoms with Crippen LogP contribution in [0.4, 0.5) is 18.9 Å². The molecule has 3 aromatic rings. The fourth-order valence-corrected chi connectivity index (χ4v) is 5.63. The van der Waals surface area contributed by atoms with Crippen molar-refractivity contribution in [2.45, 2.75) is 30.6 Å². The molecule has 0 bridgehead atoms. The molecule has 208 valence electrons. The summed E-state index contributed by atoms with van der Waals surface area (Å²) in [5, 5.41) is 2.40. The van der Waals surface area contributed by atoms with Crippen molar-refractivity contribution in [3.05, 3.63) is 94.0 Å². The molecule has 39 heavy (non-hydrogen) atoms. The number of alkyl halides is 3. The van der Waals surface area contributed by atoms with E-state index in [2.05, 4.69) is 5.32 Å². The van der Waals surface area contributed by atoms with Crippen LogP contribution in [0.15, 0.2) is 77.7 Å². The van der Waals surface area contributed by atoms with Gasteiger partial charge in [-0.2, -0.15) is 13.2 Å². The van der Waals surface area contributed by atoms with E-state index in [1.54, 1.807) is 30.3 Å². The summed E-state index contributed by atoms with van der Waals surface area (Å²) in [7, 11) is -3.23. The van der Waals surface area contributed by atoms with E-state index in [1.807, 2.05) is 0 Å². The van der Waals surface area contributed by atoms with Gasteiger partial charge in [0.25, 0.3) is 10.0 Å². The first kappa shape index (κ1) is 30.3. The van der Waals surface area contributed by atoms with Crippen LogP contribution in [0.25, 0.3) is 0 Å². The van der Waals surface area contributed by atoms with E-state index in [4.69, 9.17) is 23.2 Å². The summed E-state index contributed by atoms with van der Waals surface area (Å²) < 4.78 is 68.5. The molecule has 3 rings (SSSR count). The van der Waals surface area contributed by atoms with E-state index in [-0.39, 0.29) is 16.5 Å². The summed E-state index contributed by atoms with van der Waals surface area (Å²) >= 11 is 12.5. The number of carbonyl (C=O) groups is 2. The zero-order valence-corrected chi connectivity index (χ0v) is 23.1. The van der Waals surface area contributed by atoms with Crippen LogP contribution >= 0.6 is 23.2 Å². The first-order valence-corrected chi connectivity index (χ1v) is 13.7. The molecule has 1 atom stereocenters. The SMILES string of the molecule is CNC(=O)C(C)N(Cc1ccccc1Cl)C(=O)CN(c1cc(C(F)(F)F)ccc1Cl)S(=O)(=O)c1ccccc1. The van der Waals surface area contributed by atoms with Crippen LogP contribution in [0.3, 0.4) is 0 Å². The molecule has 1 unspecified atom stereocenters. The summed E-state index contributed by atoms with van der Waals surface area (Å²) in [5.41, 5.74) is -1.24. The number of nitrogens with zero attached hydrogens (tertiary/aromatic N) is 2. The van der Waals surface area contributed by atoms with Gasteiger partial charge in [0.1, 0.15) is 12.6 Å². The minimum Gasteiger partial charge on any atom is -0.357 e. The van der Waals surface area contributed by atoms with Gasteiger partial charge in [-0.15, -0.1) is 0 Å². The number of hydrogen-bond donors (Lipinski definition) is 1. The zero-order chi connectivity index (χ0) is 29.0. The number of sulfonamides is 1. The molecule has 0 saturated carbocycles. The lowest BCUT2D eigenvalue weighted by atomic mass is 10.1. The number of benzene rings is 3. The number of halogens is 5. The molecule has 1 N–H and O–H groups in total. The average Bonchev–Trinajstić information content (AvgIpc) is 2.90. The molecule has 0 spiro atoms. The quantitative estimate of drug-likeness (QED) is 0.357. The number of likely N-dealkylation sites (N-methyl/N-ethyl adjacent to an activating group) is 1. The highest BCUT2D eigenvalue weighted by atomic mass is 35.5. The van der Waals surface area contributed by atoms with Crippen LogP contribution in [-0.4, -0.2) is 44.8 Å². The van der Waals surface area contributed by atoms with Gasteiger partial charge in [0.2, 0.25) is 11.8 Å². The van der Waals surface area contributed by atoms with Crippen molar-refractivity contribution >= 4 is 50.7 Å². The number of carbonyl (C=O) groups excluding carboxylic acids is 2. The van der Waals surface area contributed by atoms with E-state index in [1.165, 1.54) is 38.2 Å². The standard InChI is InChI=1S/C26H24Cl2F3N3O4S/c1-17(25(36)32-2)33(15-18-8-6-7-11-21(18)27)24(35)16-34(39(37,38)20-9-4-3-5-10-20)23-14-19(26(29,30)31)12-13-22(23)28/h3-14,17H,15-16H2,1-2H3,(H,32,36). The fourth-order valence-electron chi connectivity index (χ4n) is 3.71. The van der Waals surface area contributed by atoms with Gasteiger partial charge in [-0.25, -0.2) is 8.42 Å². The second-order valence-electron chi connectivity index (χ2n) is 8.39. The second-order valence-corrected chi connectivity index (χ2v) is 11.1. The average molecular weight is 602 g/mol. The lowest BCUT2D eigenvalue weighted by Crippen LogP contribution is -2.50. The Hall–Kier alpha value is -3.28. The van der Waals surface area contributed by atoms with Crippen molar-refractivity contribution in [1.29, 1.82) is 0 Å². The summed E-state index contributed by atoms with van der Waals surface area (Å²) in [5.74, 6) is -1.43. The number of nitrogens with one attached hydrogen (secondary N) is 1. The van der Waals surface area contributed by atoms with Gasteiger partial charge in [-0.1, -0.05) is 59.6 Å². The minimum atomic E-state index is -4.81. The summed E-state index contributed by atoms with van der Waals surface area (Å²) in [6, 6.07) is 14.5. The van der Waals surface area contributed by atoms with Crippen LogP contribution in [0.2, 0.25) is 10.0 Å². The highest BCUT2D eigenvalue weighted by Crippen LogP contribution is 2.37. The van der Waals surface area contributed by atoms with Crippen LogP contribution in [0.5, 0.6) is 0 Å². The molecule has 0 aliphatic rings. The third kappa shape index (κ3) is 7.03. The Kier molecular flexibility index (Phi) is 9.52. The van der Waals surface area contributed by atoms with Gasteiger partial charge in [0.15, 0.2) is 0 Å². The van der Waals surface area contributed by atoms with E-state index >= 15 is 0 Å². The zero-order valence-electron chi connectivity index (χ0n) is 20.7. The maximum Gasteiger partial charge on any atom is 0.416 e. The highest BCUT2D eigenvalue weighted by Gasteiger charge is 2.36. The number of hydrogen-bond acceptors (Lipinski definition) is 4. The summed E-state index contributed by atoms with van der Waals surface area (Å²) in [6.07, 6.45) is -4.81. The first-order valence-electron chi connectivity index (χ1n) is 11.5. The van der Waals surface area contributed by atoms with E-state index < -0.39 is 51.9 Å². The fraction of sp³-hybridized carbons (Fsp3) is 0.231. The monoisotopic (exact) mass is 601 g/mol. The Bertz CT molecular complexity index is 1450. The summed E-state index contributed by atoms with van der Waals surface area (Å²) in [6.45, 7) is 0.299. The molecular formula is C26H24Cl2F3N3O4S. The molecule has 0 aliphatic heterocycles. The molecule has 0 fully saturated rings. The molecule has 0 aromatic heterocycles. The number of anilines is 1. The molecule has 13 heteroatoms. The third-order valence-electron chi connectivity index (χ3n) is 5.86. The maximum absolute atomic E-state index is 13.7. The van der Waals surface area contributed by atoms with E-state index in [0.717, 1.165) is 11.0 Å². The smallest absolute Gasteiger partial charge is 0.357 e. The lowest BCUT2D eigenvalue weighted by molar-refractivity contribution is -0.139. The van der Waals surface area contributed by atoms with Crippen LogP contribution in [-0.2, 0) is 32.3 Å². The first-order chi connectivity index (χ1) is 18.3. The third-order valence-corrected chi connectivity index (χ3v) is 8.33. The molecule has 7 nitrogen and oxygen atoms in total. The van der Waals surface area contributed by atoms with Gasteiger partial charge in [-0.3, -0.25) is 13.9 Å². The Morgan fingerprint density at radius 3 is 2.15 bits per heavy atom. The van der Waals surface area contributed by atoms with Gasteiger partial charge >= 0.3 is 6.18 Å². The predicted molar refractivity (Wildman–Crippen MR) is 143 cm³/mol. The van der Waals surface area contributed by atoms with Crippen molar-refractivity contribution in [2.24, 2.45) is 0 Å². The van der Waals surface area contributed by atoms with E-state index in [0.29, 0.717) is 27.0 Å². The van der Waals surface area contributed by atoms with E-state index in [9.17, 15) is 31.2 Å².